The fourth-order valence-electron chi connectivity index (χ4n) is 0.365. The maximum Gasteiger partial charge on any atom is 0.0669 e. The van der Waals surface area contributed by atoms with Crippen molar-refractivity contribution < 1.29 is 0 Å². The Hall–Kier alpha value is -1.29. The van der Waals surface area contributed by atoms with Crippen molar-refractivity contribution in [3.05, 3.63) is 37.0 Å². The Morgan fingerprint density at radius 3 is 2.78 bits per heavy atom. The van der Waals surface area contributed by atoms with Crippen LogP contribution >= 0.6 is 0 Å². The standard InChI is InChI=1S/C8H9N/c1-3-4-5-8(2)6-7-9/h3-5H,1-2,6H2/b5-4-. The average molecular weight is 119 g/mol. The zero-order valence-corrected chi connectivity index (χ0v) is 5.30. The van der Waals surface area contributed by atoms with Crippen molar-refractivity contribution in [3.8, 4) is 6.07 Å². The van der Waals surface area contributed by atoms with Crippen molar-refractivity contribution in [2.24, 2.45) is 0 Å². The number of hydrogen-bond donors (Lipinski definition) is 0. The van der Waals surface area contributed by atoms with Crippen LogP contribution in [0.5, 0.6) is 0 Å². The summed E-state index contributed by atoms with van der Waals surface area (Å²) in [5.41, 5.74) is 0.817. The summed E-state index contributed by atoms with van der Waals surface area (Å²) < 4.78 is 0. The maximum absolute atomic E-state index is 8.17. The Morgan fingerprint density at radius 1 is 1.67 bits per heavy atom. The van der Waals surface area contributed by atoms with Gasteiger partial charge in [0.1, 0.15) is 0 Å². The first-order chi connectivity index (χ1) is 4.31. The zero-order chi connectivity index (χ0) is 7.11. The topological polar surface area (TPSA) is 23.8 Å². The molecule has 0 bridgehead atoms. The Balaban J connectivity index is 3.66. The molecular formula is C8H9N. The molecule has 0 heterocycles. The van der Waals surface area contributed by atoms with E-state index in [1.807, 2.05) is 6.07 Å². The van der Waals surface area contributed by atoms with Gasteiger partial charge in [0.05, 0.1) is 12.5 Å². The number of hydrogen-bond acceptors (Lipinski definition) is 1. The Labute approximate surface area is 55.6 Å². The van der Waals surface area contributed by atoms with Crippen LogP contribution in [-0.2, 0) is 0 Å². The predicted molar refractivity (Wildman–Crippen MR) is 38.7 cm³/mol. The van der Waals surface area contributed by atoms with Crippen molar-refractivity contribution in [2.45, 2.75) is 6.42 Å². The second kappa shape index (κ2) is 4.86. The molecule has 0 rings (SSSR count). The summed E-state index contributed by atoms with van der Waals surface area (Å²) >= 11 is 0. The van der Waals surface area contributed by atoms with Crippen molar-refractivity contribution in [1.29, 1.82) is 5.26 Å². The first kappa shape index (κ1) is 7.71. The first-order valence-corrected chi connectivity index (χ1v) is 2.65. The van der Waals surface area contributed by atoms with E-state index in [0.717, 1.165) is 5.57 Å². The molecule has 0 aliphatic heterocycles. The third kappa shape index (κ3) is 4.57. The molecule has 0 N–H and O–H groups in total. The fraction of sp³-hybridized carbons (Fsp3) is 0.125. The molecule has 0 fully saturated rings. The summed E-state index contributed by atoms with van der Waals surface area (Å²) in [5.74, 6) is 0. The molecule has 1 nitrogen and oxygen atoms in total. The molecule has 0 spiro atoms. The van der Waals surface area contributed by atoms with Gasteiger partial charge in [-0.05, 0) is 5.57 Å². The van der Waals surface area contributed by atoms with Crippen LogP contribution in [0.1, 0.15) is 6.42 Å². The molecule has 0 aromatic carbocycles. The highest BCUT2D eigenvalue weighted by atomic mass is 14.2. The van der Waals surface area contributed by atoms with Crippen LogP contribution in [0, 0.1) is 11.3 Å². The third-order valence-electron chi connectivity index (χ3n) is 0.774. The second-order valence-electron chi connectivity index (χ2n) is 1.59. The van der Waals surface area contributed by atoms with Gasteiger partial charge >= 0.3 is 0 Å². The summed E-state index contributed by atoms with van der Waals surface area (Å²) in [6, 6.07) is 1.99. The van der Waals surface area contributed by atoms with E-state index < -0.39 is 0 Å². The number of allylic oxidation sites excluding steroid dienone is 4. The Kier molecular flexibility index (Phi) is 4.16. The highest BCUT2D eigenvalue weighted by molar-refractivity contribution is 5.20. The monoisotopic (exact) mass is 119 g/mol. The lowest BCUT2D eigenvalue weighted by molar-refractivity contribution is 1.29. The largest absolute Gasteiger partial charge is 0.198 e. The number of nitrogens with zero attached hydrogens (tertiary/aromatic N) is 1. The smallest absolute Gasteiger partial charge is 0.0669 e. The van der Waals surface area contributed by atoms with E-state index in [2.05, 4.69) is 13.2 Å². The predicted octanol–water partition coefficient (Wildman–Crippen LogP) is 2.20. The highest BCUT2D eigenvalue weighted by Crippen LogP contribution is 1.96. The molecule has 0 saturated heterocycles. The molecule has 0 saturated carbocycles. The van der Waals surface area contributed by atoms with E-state index in [1.54, 1.807) is 18.2 Å². The van der Waals surface area contributed by atoms with Gasteiger partial charge in [-0.3, -0.25) is 0 Å². The van der Waals surface area contributed by atoms with Crippen LogP contribution in [0.4, 0.5) is 0 Å². The lowest BCUT2D eigenvalue weighted by Gasteiger charge is -1.84. The Bertz CT molecular complexity index is 169. The molecular weight excluding hydrogens is 110 g/mol. The summed E-state index contributed by atoms with van der Waals surface area (Å²) in [7, 11) is 0. The molecule has 1 heteroatoms. The molecule has 0 amide bonds. The van der Waals surface area contributed by atoms with Crippen molar-refractivity contribution in [1.82, 2.24) is 0 Å². The normalized spacial score (nSPS) is 8.78. The van der Waals surface area contributed by atoms with Gasteiger partial charge in [0.2, 0.25) is 0 Å². The molecule has 0 aromatic heterocycles. The van der Waals surface area contributed by atoms with Gasteiger partial charge in [-0.25, -0.2) is 0 Å². The molecule has 0 aliphatic carbocycles. The van der Waals surface area contributed by atoms with Gasteiger partial charge in [0.25, 0.3) is 0 Å². The molecule has 0 atom stereocenters. The molecule has 0 aliphatic rings. The van der Waals surface area contributed by atoms with Gasteiger partial charge in [0, 0.05) is 0 Å². The van der Waals surface area contributed by atoms with Crippen molar-refractivity contribution in [3.63, 3.8) is 0 Å². The van der Waals surface area contributed by atoms with E-state index in [9.17, 15) is 0 Å². The molecule has 46 valence electrons. The number of nitriles is 1. The van der Waals surface area contributed by atoms with Crippen LogP contribution in [0.25, 0.3) is 0 Å². The summed E-state index contributed by atoms with van der Waals surface area (Å²) in [6.45, 7) is 7.11. The van der Waals surface area contributed by atoms with Gasteiger partial charge < -0.3 is 0 Å². The molecule has 9 heavy (non-hydrogen) atoms. The summed E-state index contributed by atoms with van der Waals surface area (Å²) in [4.78, 5) is 0. The van der Waals surface area contributed by atoms with Gasteiger partial charge in [-0.2, -0.15) is 5.26 Å². The van der Waals surface area contributed by atoms with E-state index in [4.69, 9.17) is 5.26 Å². The van der Waals surface area contributed by atoms with E-state index in [1.165, 1.54) is 0 Å². The van der Waals surface area contributed by atoms with Crippen LogP contribution in [0.15, 0.2) is 37.0 Å². The van der Waals surface area contributed by atoms with E-state index >= 15 is 0 Å². The molecule has 0 radical (unpaired) electrons. The van der Waals surface area contributed by atoms with Crippen LogP contribution < -0.4 is 0 Å². The van der Waals surface area contributed by atoms with Crippen molar-refractivity contribution in [2.75, 3.05) is 0 Å². The lowest BCUT2D eigenvalue weighted by atomic mass is 10.2. The fourth-order valence-corrected chi connectivity index (χ4v) is 0.365. The Morgan fingerprint density at radius 2 is 2.33 bits per heavy atom. The average Bonchev–Trinajstić information content (AvgIpc) is 1.85. The minimum atomic E-state index is 0.393. The molecule has 0 aromatic rings. The first-order valence-electron chi connectivity index (χ1n) is 2.65. The summed E-state index contributed by atoms with van der Waals surface area (Å²) in [5, 5.41) is 8.17. The van der Waals surface area contributed by atoms with Gasteiger partial charge in [0.15, 0.2) is 0 Å². The second-order valence-corrected chi connectivity index (χ2v) is 1.59. The van der Waals surface area contributed by atoms with Crippen molar-refractivity contribution >= 4 is 0 Å². The SMILES string of the molecule is C=C/C=C\C(=C)CC#N. The quantitative estimate of drug-likeness (QED) is 0.522. The summed E-state index contributed by atoms with van der Waals surface area (Å²) in [6.07, 6.45) is 5.59. The lowest BCUT2D eigenvalue weighted by Crippen LogP contribution is -1.68. The maximum atomic E-state index is 8.17. The molecule has 0 unspecified atom stereocenters. The van der Waals surface area contributed by atoms with E-state index in [0.29, 0.717) is 6.42 Å². The minimum absolute atomic E-state index is 0.393. The third-order valence-corrected chi connectivity index (χ3v) is 0.774. The highest BCUT2D eigenvalue weighted by Gasteiger charge is 1.81. The van der Waals surface area contributed by atoms with Crippen LogP contribution in [-0.4, -0.2) is 0 Å². The van der Waals surface area contributed by atoms with Gasteiger partial charge in [-0.1, -0.05) is 31.4 Å². The number of rotatable bonds is 3. The minimum Gasteiger partial charge on any atom is -0.198 e. The zero-order valence-electron chi connectivity index (χ0n) is 5.30. The van der Waals surface area contributed by atoms with E-state index in [-0.39, 0.29) is 0 Å². The van der Waals surface area contributed by atoms with Crippen LogP contribution in [0.2, 0.25) is 0 Å². The van der Waals surface area contributed by atoms with Gasteiger partial charge in [-0.15, -0.1) is 0 Å². The van der Waals surface area contributed by atoms with Crippen LogP contribution in [0.3, 0.4) is 0 Å².